The molecular weight excluding hydrogens is 863 g/mol. The number of rotatable bonds is 15. The Bertz CT molecular complexity index is 3350. The highest BCUT2D eigenvalue weighted by molar-refractivity contribution is 5.80. The minimum absolute atomic E-state index is 0.176. The summed E-state index contributed by atoms with van der Waals surface area (Å²) >= 11 is 0. The number of hydrogen-bond acceptors (Lipinski definition) is 3. The summed E-state index contributed by atoms with van der Waals surface area (Å²) in [5, 5.41) is 0. The lowest BCUT2D eigenvalue weighted by Gasteiger charge is -2.26. The van der Waals surface area contributed by atoms with Gasteiger partial charge in [0, 0.05) is 29.4 Å². The van der Waals surface area contributed by atoms with Crippen molar-refractivity contribution in [2.75, 3.05) is 4.90 Å². The van der Waals surface area contributed by atoms with Crippen LogP contribution < -0.4 is 14.4 Å². The zero-order valence-corrected chi connectivity index (χ0v) is 39.5. The molecule has 1 atom stereocenters. The van der Waals surface area contributed by atoms with E-state index in [0.717, 1.165) is 64.9 Å². The smallest absolute Gasteiger partial charge is 0.127 e. The zero-order chi connectivity index (χ0) is 47.6. The number of ether oxygens (including phenoxy) is 2. The Balaban J connectivity index is 0.810. The second-order valence-corrected chi connectivity index (χ2v) is 18.0. The van der Waals surface area contributed by atoms with E-state index in [0.29, 0.717) is 0 Å². The van der Waals surface area contributed by atoms with E-state index in [1.807, 2.05) is 42.5 Å². The molecule has 3 nitrogen and oxygen atoms in total. The van der Waals surface area contributed by atoms with Gasteiger partial charge in [-0.25, -0.2) is 0 Å². The molecule has 1 aliphatic carbocycles. The first-order valence-electron chi connectivity index (χ1n) is 24.5. The maximum Gasteiger partial charge on any atom is 0.127 e. The normalized spacial score (nSPS) is 12.4. The molecule has 3 heteroatoms. The van der Waals surface area contributed by atoms with Gasteiger partial charge in [-0.3, -0.25) is 0 Å². The molecule has 71 heavy (non-hydrogen) atoms. The first-order valence-corrected chi connectivity index (χ1v) is 24.5. The van der Waals surface area contributed by atoms with Gasteiger partial charge in [-0.1, -0.05) is 200 Å². The quantitative estimate of drug-likeness (QED) is 0.102. The summed E-state index contributed by atoms with van der Waals surface area (Å²) in [7, 11) is 0. The minimum Gasteiger partial charge on any atom is -0.462 e. The van der Waals surface area contributed by atoms with E-state index in [1.165, 1.54) is 55.6 Å². The fraction of sp³-hybridized carbons (Fsp3) is 0.0588. The zero-order valence-electron chi connectivity index (χ0n) is 39.5. The second kappa shape index (κ2) is 21.2. The van der Waals surface area contributed by atoms with Gasteiger partial charge in [0.2, 0.25) is 0 Å². The largest absolute Gasteiger partial charge is 0.462 e. The van der Waals surface area contributed by atoms with E-state index in [1.54, 1.807) is 0 Å². The van der Waals surface area contributed by atoms with Crippen LogP contribution in [0, 0.1) is 0 Å². The second-order valence-electron chi connectivity index (χ2n) is 18.0. The molecule has 0 N–H and O–H groups in total. The number of para-hydroxylation sites is 1. The van der Waals surface area contributed by atoms with E-state index in [-0.39, 0.29) is 5.92 Å². The van der Waals surface area contributed by atoms with E-state index >= 15 is 0 Å². The minimum atomic E-state index is 0.176. The van der Waals surface area contributed by atoms with Crippen molar-refractivity contribution in [3.63, 3.8) is 0 Å². The Kier molecular flexibility index (Phi) is 13.3. The summed E-state index contributed by atoms with van der Waals surface area (Å²) in [6.45, 7) is 0. The van der Waals surface area contributed by atoms with Crippen molar-refractivity contribution in [1.82, 2.24) is 0 Å². The van der Waals surface area contributed by atoms with Crippen LogP contribution in [0.3, 0.4) is 0 Å². The van der Waals surface area contributed by atoms with Gasteiger partial charge in [-0.2, -0.15) is 0 Å². The number of allylic oxidation sites excluding steroid dienone is 4. The molecule has 0 unspecified atom stereocenters. The SMILES string of the molecule is C1=CCCC(Oc2ccc([C@@H](Cc3ccc(-c4ccc(-c5ccc(N(c6ccc(Oc7ccccc7)cc6)c6ccc(-c7ccccc7)cc6)cc5)cc4)cc3)c3ccc(-c4ccccc4)cc3)cc2)=C1. The standard InChI is InChI=1S/C68H53NO2/c1-5-13-51(14-6-1)54-29-31-59(32-30-54)68(60-37-45-66(46-38-60)70-64-17-9-3-10-18-64)49-50-21-23-53(24-22-50)55-25-27-56(28-26-55)58-35-41-62(42-36-58)69(61-39-33-57(34-40-61)52-15-7-2-8-16-52)63-43-47-67(48-44-63)71-65-19-11-4-12-20-65/h1-9,11-17,19-48,68H,10,18,49H2/t68-/m0/s1. The average Bonchev–Trinajstić information content (AvgIpc) is 3.45. The Labute approximate surface area is 417 Å². The Morgan fingerprint density at radius 2 is 0.690 bits per heavy atom. The van der Waals surface area contributed by atoms with Crippen molar-refractivity contribution in [2.45, 2.75) is 25.2 Å². The molecule has 0 radical (unpaired) electrons. The third-order valence-electron chi connectivity index (χ3n) is 13.3. The van der Waals surface area contributed by atoms with Crippen LogP contribution in [0.5, 0.6) is 17.2 Å². The van der Waals surface area contributed by atoms with Crippen molar-refractivity contribution in [3.05, 3.63) is 302 Å². The number of hydrogen-bond donors (Lipinski definition) is 0. The average molecular weight is 916 g/mol. The molecule has 0 saturated carbocycles. The predicted molar refractivity (Wildman–Crippen MR) is 295 cm³/mol. The van der Waals surface area contributed by atoms with Crippen LogP contribution in [0.1, 0.15) is 35.4 Å². The Hall–Kier alpha value is -8.92. The van der Waals surface area contributed by atoms with Crippen molar-refractivity contribution in [1.29, 1.82) is 0 Å². The number of nitrogens with zero attached hydrogens (tertiary/aromatic N) is 1. The van der Waals surface area contributed by atoms with Crippen LogP contribution in [0.25, 0.3) is 44.5 Å². The molecule has 0 aromatic heterocycles. The summed E-state index contributed by atoms with van der Waals surface area (Å²) < 4.78 is 12.4. The third kappa shape index (κ3) is 10.7. The molecule has 10 aromatic carbocycles. The maximum atomic E-state index is 6.25. The van der Waals surface area contributed by atoms with Gasteiger partial charge in [0.25, 0.3) is 0 Å². The van der Waals surface area contributed by atoms with Crippen LogP contribution in [-0.2, 0) is 6.42 Å². The number of benzene rings is 10. The van der Waals surface area contributed by atoms with Gasteiger partial charge in [0.15, 0.2) is 0 Å². The van der Waals surface area contributed by atoms with Crippen LogP contribution in [0.4, 0.5) is 17.1 Å². The van der Waals surface area contributed by atoms with Crippen LogP contribution in [-0.4, -0.2) is 0 Å². The third-order valence-corrected chi connectivity index (χ3v) is 13.3. The van der Waals surface area contributed by atoms with Crippen molar-refractivity contribution in [3.8, 4) is 61.8 Å². The fourth-order valence-electron chi connectivity index (χ4n) is 9.45. The van der Waals surface area contributed by atoms with Crippen LogP contribution >= 0.6 is 0 Å². The highest BCUT2D eigenvalue weighted by Gasteiger charge is 2.18. The van der Waals surface area contributed by atoms with E-state index in [4.69, 9.17) is 9.47 Å². The molecule has 0 aliphatic heterocycles. The summed E-state index contributed by atoms with van der Waals surface area (Å²) in [5.41, 5.74) is 16.6. The van der Waals surface area contributed by atoms with Gasteiger partial charge >= 0.3 is 0 Å². The van der Waals surface area contributed by atoms with E-state index in [9.17, 15) is 0 Å². The maximum absolute atomic E-state index is 6.25. The lowest BCUT2D eigenvalue weighted by atomic mass is 9.85. The lowest BCUT2D eigenvalue weighted by Crippen LogP contribution is -2.09. The molecule has 11 rings (SSSR count). The molecular formula is C68H53NO2. The molecule has 0 spiro atoms. The Morgan fingerprint density at radius 1 is 0.338 bits per heavy atom. The molecule has 0 heterocycles. The predicted octanol–water partition coefficient (Wildman–Crippen LogP) is 18.6. The molecule has 1 aliphatic rings. The summed E-state index contributed by atoms with van der Waals surface area (Å²) in [4.78, 5) is 2.29. The van der Waals surface area contributed by atoms with Gasteiger partial charge in [0.1, 0.15) is 23.0 Å². The summed E-state index contributed by atoms with van der Waals surface area (Å²) in [6, 6.07) is 92.8. The first-order chi connectivity index (χ1) is 35.1. The molecule has 0 fully saturated rings. The fourth-order valence-corrected chi connectivity index (χ4v) is 9.45. The van der Waals surface area contributed by atoms with Gasteiger partial charge in [-0.15, -0.1) is 0 Å². The summed E-state index contributed by atoms with van der Waals surface area (Å²) in [5.74, 6) is 3.66. The van der Waals surface area contributed by atoms with Crippen molar-refractivity contribution >= 4 is 17.1 Å². The topological polar surface area (TPSA) is 21.7 Å². The van der Waals surface area contributed by atoms with Gasteiger partial charge in [-0.05, 0) is 153 Å². The molecule has 0 bridgehead atoms. The van der Waals surface area contributed by atoms with Crippen molar-refractivity contribution < 1.29 is 9.47 Å². The molecule has 342 valence electrons. The molecule has 10 aromatic rings. The van der Waals surface area contributed by atoms with Crippen LogP contribution in [0.2, 0.25) is 0 Å². The highest BCUT2D eigenvalue weighted by Crippen LogP contribution is 2.39. The number of anilines is 3. The van der Waals surface area contributed by atoms with Crippen molar-refractivity contribution in [2.24, 2.45) is 0 Å². The van der Waals surface area contributed by atoms with Gasteiger partial charge < -0.3 is 14.4 Å². The Morgan fingerprint density at radius 3 is 1.15 bits per heavy atom. The first kappa shape index (κ1) is 44.6. The van der Waals surface area contributed by atoms with E-state index in [2.05, 4.69) is 242 Å². The summed E-state index contributed by atoms with van der Waals surface area (Å²) in [6.07, 6.45) is 9.14. The van der Waals surface area contributed by atoms with Gasteiger partial charge in [0.05, 0.1) is 0 Å². The highest BCUT2D eigenvalue weighted by atomic mass is 16.5. The van der Waals surface area contributed by atoms with Crippen LogP contribution in [0.15, 0.2) is 285 Å². The van der Waals surface area contributed by atoms with E-state index < -0.39 is 0 Å². The lowest BCUT2D eigenvalue weighted by molar-refractivity contribution is 0.402. The molecule has 0 amide bonds. The molecule has 0 saturated heterocycles. The monoisotopic (exact) mass is 915 g/mol.